The first-order chi connectivity index (χ1) is 11.0. The number of rotatable bonds is 4. The number of hydrogen-bond donors (Lipinski definition) is 1. The number of ketones is 2. The van der Waals surface area contributed by atoms with E-state index in [0.717, 1.165) is 17.3 Å². The van der Waals surface area contributed by atoms with Crippen molar-refractivity contribution in [2.75, 3.05) is 6.26 Å². The van der Waals surface area contributed by atoms with Crippen LogP contribution in [-0.2, 0) is 9.59 Å². The van der Waals surface area contributed by atoms with E-state index in [9.17, 15) is 19.5 Å². The average molecular weight is 332 g/mol. The second-order valence-electron chi connectivity index (χ2n) is 5.64. The summed E-state index contributed by atoms with van der Waals surface area (Å²) in [4.78, 5) is 36.1. The first-order valence-electron chi connectivity index (χ1n) is 7.64. The van der Waals surface area contributed by atoms with Gasteiger partial charge < -0.3 is 5.11 Å². The molecule has 1 aliphatic carbocycles. The van der Waals surface area contributed by atoms with Crippen molar-refractivity contribution in [2.45, 2.75) is 38.5 Å². The van der Waals surface area contributed by atoms with Crippen LogP contribution in [-0.4, -0.2) is 28.0 Å². The van der Waals surface area contributed by atoms with Crippen LogP contribution in [0.15, 0.2) is 35.6 Å². The molecule has 122 valence electrons. The predicted molar refractivity (Wildman–Crippen MR) is 90.8 cm³/mol. The zero-order chi connectivity index (χ0) is 17.0. The van der Waals surface area contributed by atoms with Crippen molar-refractivity contribution in [2.24, 2.45) is 0 Å². The number of aliphatic hydroxyl groups excluding tert-OH is 1. The van der Waals surface area contributed by atoms with E-state index >= 15 is 0 Å². The van der Waals surface area contributed by atoms with Crippen LogP contribution in [0.3, 0.4) is 0 Å². The normalized spacial score (nSPS) is 18.2. The maximum Gasteiger partial charge on any atom is 0.219 e. The van der Waals surface area contributed by atoms with Gasteiger partial charge in [-0.3, -0.25) is 14.4 Å². The molecule has 0 saturated heterocycles. The minimum absolute atomic E-state index is 0.0120. The predicted octanol–water partition coefficient (Wildman–Crippen LogP) is 3.82. The van der Waals surface area contributed by atoms with Crippen LogP contribution in [0, 0.1) is 0 Å². The lowest BCUT2D eigenvalue weighted by Gasteiger charge is -2.23. The average Bonchev–Trinajstić information content (AvgIpc) is 2.53. The van der Waals surface area contributed by atoms with Gasteiger partial charge in [-0.2, -0.15) is 0 Å². The fourth-order valence-electron chi connectivity index (χ4n) is 2.81. The van der Waals surface area contributed by atoms with Gasteiger partial charge in [0.05, 0.1) is 5.57 Å². The number of carbonyl (C=O) groups excluding carboxylic acids is 3. The molecule has 1 aromatic rings. The van der Waals surface area contributed by atoms with Crippen LogP contribution >= 0.6 is 11.8 Å². The summed E-state index contributed by atoms with van der Waals surface area (Å²) >= 11 is 1.15. The lowest BCUT2D eigenvalue weighted by molar-refractivity contribution is -0.124. The molecule has 0 spiro atoms. The highest BCUT2D eigenvalue weighted by atomic mass is 32.2. The molecule has 1 aromatic carbocycles. The van der Waals surface area contributed by atoms with Crippen LogP contribution in [0.1, 0.15) is 54.4 Å². The SMILES string of the molecule is CCCC(O)=C1C(=O)CC(c2ccc(C(=O)SC)cc2)CC1=O. The molecule has 0 bridgehead atoms. The highest BCUT2D eigenvalue weighted by Gasteiger charge is 2.33. The molecule has 0 aromatic heterocycles. The minimum atomic E-state index is -0.290. The largest absolute Gasteiger partial charge is 0.511 e. The first kappa shape index (κ1) is 17.5. The zero-order valence-corrected chi connectivity index (χ0v) is 14.1. The van der Waals surface area contributed by atoms with Gasteiger partial charge in [0.25, 0.3) is 0 Å². The summed E-state index contributed by atoms with van der Waals surface area (Å²) in [5, 5.41) is 9.88. The van der Waals surface area contributed by atoms with Gasteiger partial charge in [-0.15, -0.1) is 0 Å². The standard InChI is InChI=1S/C18H20O4S/c1-3-4-14(19)17-15(20)9-13(10-16(17)21)11-5-7-12(8-6-11)18(22)23-2/h5-8,13,19H,3-4,9-10H2,1-2H3. The van der Waals surface area contributed by atoms with Gasteiger partial charge in [0.2, 0.25) is 5.12 Å². The lowest BCUT2D eigenvalue weighted by Crippen LogP contribution is -2.26. The summed E-state index contributed by atoms with van der Waals surface area (Å²) in [6.45, 7) is 1.88. The van der Waals surface area contributed by atoms with Crippen molar-refractivity contribution in [3.63, 3.8) is 0 Å². The van der Waals surface area contributed by atoms with Crippen LogP contribution in [0.25, 0.3) is 0 Å². The molecule has 0 unspecified atom stereocenters. The Balaban J connectivity index is 2.19. The first-order valence-corrected chi connectivity index (χ1v) is 8.87. The minimum Gasteiger partial charge on any atom is -0.511 e. The Kier molecular flexibility index (Phi) is 5.77. The smallest absolute Gasteiger partial charge is 0.219 e. The molecular formula is C18H20O4S. The molecule has 2 rings (SSSR count). The van der Waals surface area contributed by atoms with Crippen molar-refractivity contribution in [1.82, 2.24) is 0 Å². The molecule has 5 heteroatoms. The molecule has 0 amide bonds. The molecule has 1 aliphatic rings. The molecule has 4 nitrogen and oxygen atoms in total. The Bertz CT molecular complexity index is 638. The van der Waals surface area contributed by atoms with Crippen molar-refractivity contribution in [1.29, 1.82) is 0 Å². The molecule has 0 aliphatic heterocycles. The molecule has 1 N–H and O–H groups in total. The van der Waals surface area contributed by atoms with Gasteiger partial charge in [0.15, 0.2) is 11.6 Å². The van der Waals surface area contributed by atoms with E-state index in [1.165, 1.54) is 0 Å². The number of hydrogen-bond acceptors (Lipinski definition) is 5. The Morgan fingerprint density at radius 2 is 1.74 bits per heavy atom. The molecule has 0 atom stereocenters. The highest BCUT2D eigenvalue weighted by molar-refractivity contribution is 8.13. The molecule has 1 fully saturated rings. The van der Waals surface area contributed by atoms with Crippen LogP contribution < -0.4 is 0 Å². The molecule has 0 radical (unpaired) electrons. The molecular weight excluding hydrogens is 312 g/mol. The summed E-state index contributed by atoms with van der Waals surface area (Å²) in [7, 11) is 0. The van der Waals surface area contributed by atoms with Crippen molar-refractivity contribution < 1.29 is 19.5 Å². The van der Waals surface area contributed by atoms with Gasteiger partial charge in [-0.05, 0) is 24.2 Å². The zero-order valence-electron chi connectivity index (χ0n) is 13.3. The van der Waals surface area contributed by atoms with Gasteiger partial charge in [-0.25, -0.2) is 0 Å². The summed E-state index contributed by atoms with van der Waals surface area (Å²) in [5.74, 6) is -0.851. The highest BCUT2D eigenvalue weighted by Crippen LogP contribution is 2.33. The monoisotopic (exact) mass is 332 g/mol. The van der Waals surface area contributed by atoms with Gasteiger partial charge in [0.1, 0.15) is 5.76 Å². The van der Waals surface area contributed by atoms with Crippen LogP contribution in [0.5, 0.6) is 0 Å². The van der Waals surface area contributed by atoms with Crippen LogP contribution in [0.4, 0.5) is 0 Å². The van der Waals surface area contributed by atoms with Crippen molar-refractivity contribution in [3.8, 4) is 0 Å². The fraction of sp³-hybridized carbons (Fsp3) is 0.389. The van der Waals surface area contributed by atoms with Crippen molar-refractivity contribution >= 4 is 28.4 Å². The Morgan fingerprint density at radius 1 is 1.17 bits per heavy atom. The molecule has 0 heterocycles. The quantitative estimate of drug-likeness (QED) is 0.515. The number of aliphatic hydroxyl groups is 1. The molecule has 1 saturated carbocycles. The third-order valence-corrected chi connectivity index (χ3v) is 4.61. The Labute approximate surface area is 140 Å². The number of allylic oxidation sites excluding steroid dienone is 2. The molecule has 23 heavy (non-hydrogen) atoms. The van der Waals surface area contributed by atoms with Gasteiger partial charge in [0, 0.05) is 24.8 Å². The number of thioether (sulfide) groups is 1. The maximum atomic E-state index is 12.2. The fourth-order valence-corrected chi connectivity index (χ4v) is 3.18. The van der Waals surface area contributed by atoms with E-state index in [2.05, 4.69) is 0 Å². The van der Waals surface area contributed by atoms with E-state index in [1.54, 1.807) is 30.5 Å². The second-order valence-corrected chi connectivity index (χ2v) is 6.42. The summed E-state index contributed by atoms with van der Waals surface area (Å²) < 4.78 is 0. The topological polar surface area (TPSA) is 71.4 Å². The van der Waals surface area contributed by atoms with Gasteiger partial charge >= 0.3 is 0 Å². The van der Waals surface area contributed by atoms with E-state index < -0.39 is 0 Å². The number of Topliss-reactive ketones (excluding diaryl/α,β-unsaturated/α-hetero) is 2. The summed E-state index contributed by atoms with van der Waals surface area (Å²) in [6.07, 6.45) is 3.19. The Morgan fingerprint density at radius 3 is 2.22 bits per heavy atom. The second kappa shape index (κ2) is 7.59. The van der Waals surface area contributed by atoms with E-state index in [-0.39, 0.29) is 46.8 Å². The van der Waals surface area contributed by atoms with E-state index in [1.807, 2.05) is 6.92 Å². The van der Waals surface area contributed by atoms with Gasteiger partial charge in [-0.1, -0.05) is 43.0 Å². The number of carbonyl (C=O) groups is 3. The number of benzene rings is 1. The van der Waals surface area contributed by atoms with Crippen molar-refractivity contribution in [3.05, 3.63) is 46.7 Å². The van der Waals surface area contributed by atoms with E-state index in [0.29, 0.717) is 18.4 Å². The third kappa shape index (κ3) is 3.91. The Hall–Kier alpha value is -1.88. The summed E-state index contributed by atoms with van der Waals surface area (Å²) in [5.41, 5.74) is 1.46. The van der Waals surface area contributed by atoms with E-state index in [4.69, 9.17) is 0 Å². The summed E-state index contributed by atoms with van der Waals surface area (Å²) in [6, 6.07) is 7.05. The van der Waals surface area contributed by atoms with Crippen LogP contribution in [0.2, 0.25) is 0 Å². The third-order valence-electron chi connectivity index (χ3n) is 4.00. The maximum absolute atomic E-state index is 12.2. The lowest BCUT2D eigenvalue weighted by atomic mass is 9.79.